The van der Waals surface area contributed by atoms with E-state index >= 15 is 0 Å². The molecular weight excluding hydrogens is 385 g/mol. The van der Waals surface area contributed by atoms with Crippen molar-refractivity contribution in [2.24, 2.45) is 0 Å². The minimum absolute atomic E-state index is 0.134. The largest absolute Gasteiger partial charge is 0.368 e. The number of rotatable bonds is 7. The van der Waals surface area contributed by atoms with E-state index in [0.717, 1.165) is 17.3 Å². The van der Waals surface area contributed by atoms with Crippen molar-refractivity contribution >= 4 is 51.8 Å². The Morgan fingerprint density at radius 2 is 2.08 bits per heavy atom. The molecular formula is C13H12FN7OS3. The number of hydrogen-bond donors (Lipinski definition) is 3. The fourth-order valence-electron chi connectivity index (χ4n) is 1.65. The summed E-state index contributed by atoms with van der Waals surface area (Å²) in [5, 5.41) is 17.8. The summed E-state index contributed by atoms with van der Waals surface area (Å²) in [5.41, 5.74) is 6.39. The Kier molecular flexibility index (Phi) is 5.83. The van der Waals surface area contributed by atoms with Crippen LogP contribution >= 0.6 is 34.9 Å². The first-order valence-corrected chi connectivity index (χ1v) is 9.68. The van der Waals surface area contributed by atoms with Gasteiger partial charge in [-0.05, 0) is 17.7 Å². The lowest BCUT2D eigenvalue weighted by molar-refractivity contribution is -0.113. The fourth-order valence-corrected chi connectivity index (χ4v) is 3.98. The fraction of sp³-hybridized carbons (Fsp3) is 0.154. The van der Waals surface area contributed by atoms with E-state index in [1.807, 2.05) is 0 Å². The van der Waals surface area contributed by atoms with E-state index in [4.69, 9.17) is 5.73 Å². The van der Waals surface area contributed by atoms with Crippen LogP contribution in [-0.2, 0) is 10.5 Å². The number of amides is 1. The molecule has 0 unspecified atom stereocenters. The van der Waals surface area contributed by atoms with Gasteiger partial charge in [-0.1, -0.05) is 47.0 Å². The average Bonchev–Trinajstić information content (AvgIpc) is 3.21. The van der Waals surface area contributed by atoms with Crippen LogP contribution < -0.4 is 11.1 Å². The normalized spacial score (nSPS) is 10.8. The van der Waals surface area contributed by atoms with Crippen molar-refractivity contribution in [3.63, 3.8) is 0 Å². The summed E-state index contributed by atoms with van der Waals surface area (Å²) in [6, 6.07) is 6.28. The first-order chi connectivity index (χ1) is 12.1. The molecule has 0 bridgehead atoms. The Hall–Kier alpha value is -2.18. The molecule has 130 valence electrons. The molecule has 0 aliphatic carbocycles. The number of carbonyl (C=O) groups is 1. The molecule has 2 heterocycles. The summed E-state index contributed by atoms with van der Waals surface area (Å²) in [4.78, 5) is 15.8. The summed E-state index contributed by atoms with van der Waals surface area (Å²) < 4.78 is 13.6. The number of halogens is 1. The van der Waals surface area contributed by atoms with Gasteiger partial charge in [0.2, 0.25) is 22.1 Å². The van der Waals surface area contributed by atoms with Crippen LogP contribution in [0.15, 0.2) is 33.8 Å². The van der Waals surface area contributed by atoms with E-state index in [2.05, 4.69) is 30.7 Å². The predicted molar refractivity (Wildman–Crippen MR) is 96.0 cm³/mol. The van der Waals surface area contributed by atoms with Crippen molar-refractivity contribution in [2.45, 2.75) is 15.2 Å². The number of nitrogens with two attached hydrogens (primary N) is 1. The third kappa shape index (κ3) is 5.41. The van der Waals surface area contributed by atoms with Gasteiger partial charge < -0.3 is 5.73 Å². The van der Waals surface area contributed by atoms with Gasteiger partial charge in [-0.3, -0.25) is 10.1 Å². The van der Waals surface area contributed by atoms with E-state index in [1.54, 1.807) is 12.1 Å². The molecule has 3 aromatic rings. The van der Waals surface area contributed by atoms with Crippen molar-refractivity contribution < 1.29 is 9.18 Å². The second-order valence-corrected chi connectivity index (χ2v) is 7.77. The number of nitrogens with one attached hydrogen (secondary N) is 2. The Bertz CT molecular complexity index is 851. The van der Waals surface area contributed by atoms with Crippen LogP contribution in [0.3, 0.4) is 0 Å². The lowest BCUT2D eigenvalue weighted by Crippen LogP contribution is -2.13. The van der Waals surface area contributed by atoms with E-state index in [1.165, 1.54) is 35.2 Å². The summed E-state index contributed by atoms with van der Waals surface area (Å²) in [7, 11) is 0. The standard InChI is InChI=1S/C13H12FN7OS3/c14-8-3-1-7(2-4-8)5-24-13-21-20-12(25-13)16-9(22)6-23-11-17-10(15)18-19-11/h1-4H,5-6H2,(H,16,20,22)(H3,15,17,18,19). The van der Waals surface area contributed by atoms with Crippen molar-refractivity contribution in [3.05, 3.63) is 35.6 Å². The third-order valence-electron chi connectivity index (χ3n) is 2.74. The van der Waals surface area contributed by atoms with Crippen LogP contribution in [-0.4, -0.2) is 37.0 Å². The molecule has 2 aromatic heterocycles. The summed E-state index contributed by atoms with van der Waals surface area (Å²) in [6.07, 6.45) is 0. The highest BCUT2D eigenvalue weighted by Crippen LogP contribution is 2.28. The van der Waals surface area contributed by atoms with E-state index in [-0.39, 0.29) is 23.4 Å². The maximum atomic E-state index is 12.9. The highest BCUT2D eigenvalue weighted by atomic mass is 32.2. The number of H-pyrrole nitrogens is 1. The van der Waals surface area contributed by atoms with Gasteiger partial charge in [0.25, 0.3) is 0 Å². The zero-order valence-electron chi connectivity index (χ0n) is 12.6. The number of nitrogen functional groups attached to an aromatic ring is 1. The van der Waals surface area contributed by atoms with E-state index in [0.29, 0.717) is 20.4 Å². The number of nitrogens with zero attached hydrogens (tertiary/aromatic N) is 4. The zero-order valence-corrected chi connectivity index (χ0v) is 15.1. The molecule has 0 saturated heterocycles. The van der Waals surface area contributed by atoms with Gasteiger partial charge in [-0.25, -0.2) is 9.49 Å². The average molecular weight is 397 g/mol. The van der Waals surface area contributed by atoms with Crippen molar-refractivity contribution in [1.29, 1.82) is 0 Å². The van der Waals surface area contributed by atoms with Crippen LogP contribution in [0.1, 0.15) is 5.56 Å². The van der Waals surface area contributed by atoms with Crippen LogP contribution in [0.25, 0.3) is 0 Å². The molecule has 3 rings (SSSR count). The number of aromatic nitrogens is 5. The molecule has 0 aliphatic rings. The molecule has 12 heteroatoms. The summed E-state index contributed by atoms with van der Waals surface area (Å²) in [5.74, 6) is 0.481. The maximum Gasteiger partial charge on any atom is 0.236 e. The van der Waals surface area contributed by atoms with Gasteiger partial charge in [0, 0.05) is 5.75 Å². The Labute approximate surface area is 154 Å². The van der Waals surface area contributed by atoms with Crippen molar-refractivity contribution in [3.8, 4) is 0 Å². The predicted octanol–water partition coefficient (Wildman–Crippen LogP) is 2.40. The van der Waals surface area contributed by atoms with Crippen LogP contribution in [0.2, 0.25) is 0 Å². The minimum atomic E-state index is -0.264. The van der Waals surface area contributed by atoms with Gasteiger partial charge in [0.15, 0.2) is 4.34 Å². The van der Waals surface area contributed by atoms with Crippen LogP contribution in [0.4, 0.5) is 15.5 Å². The summed E-state index contributed by atoms with van der Waals surface area (Å²) in [6.45, 7) is 0. The topological polar surface area (TPSA) is 122 Å². The number of thioether (sulfide) groups is 2. The van der Waals surface area contributed by atoms with Crippen LogP contribution in [0.5, 0.6) is 0 Å². The summed E-state index contributed by atoms with van der Waals surface area (Å²) >= 11 is 3.90. The number of carbonyl (C=O) groups excluding carboxylic acids is 1. The SMILES string of the molecule is Nc1nc(SCC(=O)Nc2nnc(SCc3ccc(F)cc3)s2)n[nH]1. The number of benzene rings is 1. The van der Waals surface area contributed by atoms with E-state index in [9.17, 15) is 9.18 Å². The second kappa shape index (κ2) is 8.27. The molecule has 8 nitrogen and oxygen atoms in total. The molecule has 0 spiro atoms. The molecule has 0 aliphatic heterocycles. The maximum absolute atomic E-state index is 12.9. The highest BCUT2D eigenvalue weighted by Gasteiger charge is 2.11. The van der Waals surface area contributed by atoms with Gasteiger partial charge in [-0.15, -0.1) is 15.3 Å². The zero-order chi connectivity index (χ0) is 17.6. The molecule has 25 heavy (non-hydrogen) atoms. The number of aromatic amines is 1. The van der Waals surface area contributed by atoms with Gasteiger partial charge >= 0.3 is 0 Å². The molecule has 4 N–H and O–H groups in total. The molecule has 1 amide bonds. The molecule has 0 radical (unpaired) electrons. The van der Waals surface area contributed by atoms with Gasteiger partial charge in [0.1, 0.15) is 5.82 Å². The van der Waals surface area contributed by atoms with Crippen LogP contribution in [0, 0.1) is 5.82 Å². The first-order valence-electron chi connectivity index (χ1n) is 6.90. The second-order valence-electron chi connectivity index (χ2n) is 4.63. The lowest BCUT2D eigenvalue weighted by atomic mass is 10.2. The molecule has 1 aromatic carbocycles. The first kappa shape index (κ1) is 17.6. The molecule has 0 saturated carbocycles. The van der Waals surface area contributed by atoms with Gasteiger partial charge in [0.05, 0.1) is 5.75 Å². The number of hydrogen-bond acceptors (Lipinski definition) is 9. The number of anilines is 2. The highest BCUT2D eigenvalue weighted by molar-refractivity contribution is 8.00. The Morgan fingerprint density at radius 1 is 1.28 bits per heavy atom. The smallest absolute Gasteiger partial charge is 0.236 e. The van der Waals surface area contributed by atoms with Crippen molar-refractivity contribution in [1.82, 2.24) is 25.4 Å². The van der Waals surface area contributed by atoms with Gasteiger partial charge in [-0.2, -0.15) is 4.98 Å². The monoisotopic (exact) mass is 397 g/mol. The molecule has 0 atom stereocenters. The quantitative estimate of drug-likeness (QED) is 0.410. The van der Waals surface area contributed by atoms with E-state index < -0.39 is 0 Å². The Balaban J connectivity index is 1.45. The Morgan fingerprint density at radius 3 is 2.80 bits per heavy atom. The molecule has 0 fully saturated rings. The third-order valence-corrected chi connectivity index (χ3v) is 5.63. The van der Waals surface area contributed by atoms with Crippen molar-refractivity contribution in [2.75, 3.05) is 16.8 Å². The lowest BCUT2D eigenvalue weighted by Gasteiger charge is -1.99. The minimum Gasteiger partial charge on any atom is -0.368 e.